The summed E-state index contributed by atoms with van der Waals surface area (Å²) >= 11 is 0. The van der Waals surface area contributed by atoms with Crippen molar-refractivity contribution in [2.45, 2.75) is 32.7 Å². The Morgan fingerprint density at radius 1 is 1.36 bits per heavy atom. The Bertz CT molecular complexity index is 773. The first kappa shape index (κ1) is 17.1. The largest absolute Gasteiger partial charge is 0.478 e. The van der Waals surface area contributed by atoms with E-state index in [0.717, 1.165) is 24.9 Å². The fraction of sp³-hybridized carbons (Fsp3) is 0.471. The van der Waals surface area contributed by atoms with Gasteiger partial charge >= 0.3 is 5.97 Å². The molecule has 0 spiro atoms. The highest BCUT2D eigenvalue weighted by Gasteiger charge is 2.26. The van der Waals surface area contributed by atoms with Gasteiger partial charge in [-0.05, 0) is 53.8 Å². The smallest absolute Gasteiger partial charge is 0.335 e. The molecule has 1 aliphatic rings. The van der Waals surface area contributed by atoms with Gasteiger partial charge in [-0.2, -0.15) is 0 Å². The third-order valence-electron chi connectivity index (χ3n) is 4.59. The van der Waals surface area contributed by atoms with Crippen LogP contribution in [-0.2, 0) is 17.8 Å². The molecule has 8 heteroatoms. The van der Waals surface area contributed by atoms with Gasteiger partial charge in [-0.25, -0.2) is 9.48 Å². The second kappa shape index (κ2) is 7.42. The Morgan fingerprint density at radius 2 is 2.20 bits per heavy atom. The Kier molecular flexibility index (Phi) is 5.06. The number of amides is 1. The van der Waals surface area contributed by atoms with Crippen LogP contribution in [0.3, 0.4) is 0 Å². The number of carboxylic acid groups (broad SMARTS) is 1. The van der Waals surface area contributed by atoms with Gasteiger partial charge in [-0.15, -0.1) is 5.10 Å². The van der Waals surface area contributed by atoms with Crippen molar-refractivity contribution in [1.29, 1.82) is 0 Å². The molecule has 0 aliphatic carbocycles. The van der Waals surface area contributed by atoms with Crippen LogP contribution >= 0.6 is 0 Å². The predicted octanol–water partition coefficient (Wildman–Crippen LogP) is 1.16. The van der Waals surface area contributed by atoms with E-state index < -0.39 is 5.97 Å². The summed E-state index contributed by atoms with van der Waals surface area (Å²) in [5.74, 6) is 0.257. The fourth-order valence-corrected chi connectivity index (χ4v) is 3.21. The standard InChI is InChI=1S/C17H21N5O3/c1-12-18-19-20-22(12)8-6-16(23)21-7-5-14(11-21)9-13-3-2-4-15(10-13)17(24)25/h2-4,10,14H,5-9,11H2,1H3,(H,24,25)/t14-/m0/s1. The maximum absolute atomic E-state index is 12.4. The molecule has 1 aromatic carbocycles. The van der Waals surface area contributed by atoms with Gasteiger partial charge in [-0.3, -0.25) is 4.79 Å². The van der Waals surface area contributed by atoms with Crippen LogP contribution in [-0.4, -0.2) is 55.2 Å². The first-order chi connectivity index (χ1) is 12.0. The van der Waals surface area contributed by atoms with E-state index in [1.165, 1.54) is 0 Å². The quantitative estimate of drug-likeness (QED) is 0.844. The van der Waals surface area contributed by atoms with E-state index in [1.54, 1.807) is 22.9 Å². The van der Waals surface area contributed by atoms with Crippen LogP contribution in [0.2, 0.25) is 0 Å². The SMILES string of the molecule is Cc1nnnn1CCC(=O)N1CC[C@@H](Cc2cccc(C(=O)O)c2)C1. The van der Waals surface area contributed by atoms with Crippen LogP contribution in [0.15, 0.2) is 24.3 Å². The molecule has 25 heavy (non-hydrogen) atoms. The van der Waals surface area contributed by atoms with Gasteiger partial charge in [-0.1, -0.05) is 12.1 Å². The van der Waals surface area contributed by atoms with Gasteiger partial charge in [0, 0.05) is 19.5 Å². The summed E-state index contributed by atoms with van der Waals surface area (Å²) < 4.78 is 1.63. The molecule has 1 fully saturated rings. The molecule has 0 saturated carbocycles. The lowest BCUT2D eigenvalue weighted by molar-refractivity contribution is -0.130. The highest BCUT2D eigenvalue weighted by atomic mass is 16.4. The molecule has 1 aromatic heterocycles. The molecule has 3 rings (SSSR count). The number of likely N-dealkylation sites (tertiary alicyclic amines) is 1. The Morgan fingerprint density at radius 3 is 2.92 bits per heavy atom. The summed E-state index contributed by atoms with van der Waals surface area (Å²) in [6.07, 6.45) is 2.11. The van der Waals surface area contributed by atoms with Crippen LogP contribution in [0.1, 0.15) is 34.6 Å². The third-order valence-corrected chi connectivity index (χ3v) is 4.59. The molecule has 0 radical (unpaired) electrons. The van der Waals surface area contributed by atoms with E-state index in [1.807, 2.05) is 17.9 Å². The van der Waals surface area contributed by atoms with Crippen LogP contribution in [0, 0.1) is 12.8 Å². The average molecular weight is 343 g/mol. The number of aryl methyl sites for hydroxylation is 2. The van der Waals surface area contributed by atoms with Gasteiger partial charge in [0.1, 0.15) is 5.82 Å². The Balaban J connectivity index is 1.51. The third kappa shape index (κ3) is 4.20. The second-order valence-electron chi connectivity index (χ2n) is 6.40. The molecule has 1 amide bonds. The first-order valence-electron chi connectivity index (χ1n) is 8.35. The highest BCUT2D eigenvalue weighted by Crippen LogP contribution is 2.22. The minimum atomic E-state index is -0.914. The Labute approximate surface area is 145 Å². The number of hydrogen-bond donors (Lipinski definition) is 1. The van der Waals surface area contributed by atoms with Crippen LogP contribution in [0.25, 0.3) is 0 Å². The predicted molar refractivity (Wildman–Crippen MR) is 89.0 cm³/mol. The second-order valence-corrected chi connectivity index (χ2v) is 6.40. The number of carbonyl (C=O) groups excluding carboxylic acids is 1. The molecule has 1 atom stereocenters. The number of aromatic carboxylic acids is 1. The van der Waals surface area contributed by atoms with Crippen molar-refractivity contribution in [1.82, 2.24) is 25.1 Å². The molecule has 2 heterocycles. The summed E-state index contributed by atoms with van der Waals surface area (Å²) in [7, 11) is 0. The number of hydrogen-bond acceptors (Lipinski definition) is 5. The van der Waals surface area contributed by atoms with Crippen LogP contribution in [0.4, 0.5) is 0 Å². The topological polar surface area (TPSA) is 101 Å². The molecule has 0 unspecified atom stereocenters. The number of carboxylic acids is 1. The molecule has 2 aromatic rings. The molecular weight excluding hydrogens is 322 g/mol. The van der Waals surface area contributed by atoms with E-state index in [-0.39, 0.29) is 5.91 Å². The summed E-state index contributed by atoms with van der Waals surface area (Å²) in [5.41, 5.74) is 1.31. The summed E-state index contributed by atoms with van der Waals surface area (Å²) in [6.45, 7) is 3.75. The van der Waals surface area contributed by atoms with E-state index in [4.69, 9.17) is 5.11 Å². The minimum Gasteiger partial charge on any atom is -0.478 e. The van der Waals surface area contributed by atoms with Gasteiger partial charge in [0.05, 0.1) is 12.1 Å². The average Bonchev–Trinajstić information content (AvgIpc) is 3.22. The van der Waals surface area contributed by atoms with Crippen molar-refractivity contribution >= 4 is 11.9 Å². The zero-order chi connectivity index (χ0) is 17.8. The monoisotopic (exact) mass is 343 g/mol. The molecule has 1 aliphatic heterocycles. The fourth-order valence-electron chi connectivity index (χ4n) is 3.21. The molecule has 132 valence electrons. The molecule has 0 bridgehead atoms. The summed E-state index contributed by atoms with van der Waals surface area (Å²) in [6, 6.07) is 7.02. The van der Waals surface area contributed by atoms with E-state index in [0.29, 0.717) is 36.8 Å². The number of benzene rings is 1. The van der Waals surface area contributed by atoms with Crippen molar-refractivity contribution < 1.29 is 14.7 Å². The van der Waals surface area contributed by atoms with Crippen molar-refractivity contribution in [2.75, 3.05) is 13.1 Å². The maximum atomic E-state index is 12.4. The normalized spacial score (nSPS) is 17.0. The summed E-state index contributed by atoms with van der Waals surface area (Å²) in [5, 5.41) is 20.3. The van der Waals surface area contributed by atoms with Gasteiger partial charge < -0.3 is 10.0 Å². The zero-order valence-electron chi connectivity index (χ0n) is 14.1. The van der Waals surface area contributed by atoms with Crippen molar-refractivity contribution in [2.24, 2.45) is 5.92 Å². The molecule has 8 nitrogen and oxygen atoms in total. The molecule has 1 saturated heterocycles. The van der Waals surface area contributed by atoms with Crippen molar-refractivity contribution in [3.63, 3.8) is 0 Å². The number of tetrazole rings is 1. The van der Waals surface area contributed by atoms with Gasteiger partial charge in [0.15, 0.2) is 0 Å². The number of aromatic nitrogens is 4. The summed E-state index contributed by atoms with van der Waals surface area (Å²) in [4.78, 5) is 25.3. The van der Waals surface area contributed by atoms with E-state index in [2.05, 4.69) is 15.5 Å². The number of nitrogens with zero attached hydrogens (tertiary/aromatic N) is 5. The lowest BCUT2D eigenvalue weighted by atomic mass is 9.97. The van der Waals surface area contributed by atoms with Gasteiger partial charge in [0.25, 0.3) is 0 Å². The molecule has 1 N–H and O–H groups in total. The Hall–Kier alpha value is -2.77. The number of carbonyl (C=O) groups is 2. The van der Waals surface area contributed by atoms with Crippen molar-refractivity contribution in [3.8, 4) is 0 Å². The zero-order valence-corrected chi connectivity index (χ0v) is 14.1. The highest BCUT2D eigenvalue weighted by molar-refractivity contribution is 5.87. The van der Waals surface area contributed by atoms with E-state index >= 15 is 0 Å². The van der Waals surface area contributed by atoms with Gasteiger partial charge in [0.2, 0.25) is 5.91 Å². The van der Waals surface area contributed by atoms with E-state index in [9.17, 15) is 9.59 Å². The maximum Gasteiger partial charge on any atom is 0.335 e. The lowest BCUT2D eigenvalue weighted by Gasteiger charge is -2.16. The van der Waals surface area contributed by atoms with Crippen molar-refractivity contribution in [3.05, 3.63) is 41.2 Å². The van der Waals surface area contributed by atoms with Crippen LogP contribution < -0.4 is 0 Å². The first-order valence-corrected chi connectivity index (χ1v) is 8.35. The van der Waals surface area contributed by atoms with Crippen LogP contribution in [0.5, 0.6) is 0 Å². The number of rotatable bonds is 6. The minimum absolute atomic E-state index is 0.108. The lowest BCUT2D eigenvalue weighted by Crippen LogP contribution is -2.29. The molecular formula is C17H21N5O3.